The molecule has 0 aromatic heterocycles. The molecule has 1 aromatic carbocycles. The van der Waals surface area contributed by atoms with Gasteiger partial charge in [-0.2, -0.15) is 0 Å². The number of amides is 3. The number of hydrogen-bond donors (Lipinski definition) is 2. The van der Waals surface area contributed by atoms with Gasteiger partial charge in [-0.05, 0) is 37.1 Å². The average molecular weight is 341 g/mol. The van der Waals surface area contributed by atoms with Crippen molar-refractivity contribution in [1.82, 2.24) is 10.6 Å². The van der Waals surface area contributed by atoms with E-state index in [4.69, 9.17) is 4.74 Å². The Hall–Kier alpha value is -1.89. The summed E-state index contributed by atoms with van der Waals surface area (Å²) >= 11 is 3.25. The zero-order chi connectivity index (χ0) is 14.5. The quantitative estimate of drug-likeness (QED) is 0.815. The normalized spacial score (nSPS) is 13.4. The van der Waals surface area contributed by atoms with Crippen LogP contribution in [-0.4, -0.2) is 30.6 Å². The molecule has 20 heavy (non-hydrogen) atoms. The lowest BCUT2D eigenvalue weighted by Gasteiger charge is -2.06. The Morgan fingerprint density at radius 1 is 1.20 bits per heavy atom. The first kappa shape index (κ1) is 14.5. The van der Waals surface area contributed by atoms with E-state index in [0.717, 1.165) is 17.3 Å². The third-order valence-corrected chi connectivity index (χ3v) is 3.11. The van der Waals surface area contributed by atoms with Crippen LogP contribution in [-0.2, 0) is 9.53 Å². The number of imide groups is 1. The van der Waals surface area contributed by atoms with E-state index in [1.165, 1.54) is 0 Å². The molecule has 0 aliphatic heterocycles. The fraction of sp³-hybridized carbons (Fsp3) is 0.308. The number of nitrogens with one attached hydrogen (secondary N) is 2. The maximum atomic E-state index is 11.6. The summed E-state index contributed by atoms with van der Waals surface area (Å²) in [6.07, 6.45) is 1.86. The standard InChI is InChI=1S/C13H13BrN2O4/c14-9-3-1-8(2-4-9)12(18)20-7-11(17)16-13(19)15-10-5-6-10/h1-4,10H,5-7H2,(H2,15,16,17,19). The predicted octanol–water partition coefficient (Wildman–Crippen LogP) is 1.59. The van der Waals surface area contributed by atoms with E-state index in [2.05, 4.69) is 26.6 Å². The summed E-state index contributed by atoms with van der Waals surface area (Å²) in [5.74, 6) is -1.27. The Morgan fingerprint density at radius 2 is 1.85 bits per heavy atom. The molecule has 1 fully saturated rings. The van der Waals surface area contributed by atoms with Gasteiger partial charge >= 0.3 is 12.0 Å². The zero-order valence-electron chi connectivity index (χ0n) is 10.5. The molecule has 2 N–H and O–H groups in total. The molecule has 0 bridgehead atoms. The molecule has 1 aromatic rings. The van der Waals surface area contributed by atoms with Gasteiger partial charge in [0.25, 0.3) is 5.91 Å². The summed E-state index contributed by atoms with van der Waals surface area (Å²) in [4.78, 5) is 34.3. The molecule has 106 valence electrons. The lowest BCUT2D eigenvalue weighted by molar-refractivity contribution is -0.123. The van der Waals surface area contributed by atoms with E-state index >= 15 is 0 Å². The number of urea groups is 1. The molecule has 2 rings (SSSR count). The van der Waals surface area contributed by atoms with Crippen molar-refractivity contribution in [2.75, 3.05) is 6.61 Å². The number of ether oxygens (including phenoxy) is 1. The first-order valence-electron chi connectivity index (χ1n) is 6.07. The minimum absolute atomic E-state index is 0.160. The number of rotatable bonds is 4. The lowest BCUT2D eigenvalue weighted by Crippen LogP contribution is -2.42. The van der Waals surface area contributed by atoms with Crippen molar-refractivity contribution in [1.29, 1.82) is 0 Å². The number of hydrogen-bond acceptors (Lipinski definition) is 4. The summed E-state index contributed by atoms with van der Waals surface area (Å²) < 4.78 is 5.64. The van der Waals surface area contributed by atoms with Crippen LogP contribution in [0.2, 0.25) is 0 Å². The van der Waals surface area contributed by atoms with Crippen LogP contribution in [0.1, 0.15) is 23.2 Å². The van der Waals surface area contributed by atoms with Gasteiger partial charge in [0.2, 0.25) is 0 Å². The van der Waals surface area contributed by atoms with Crippen LogP contribution in [0.4, 0.5) is 4.79 Å². The summed E-state index contributed by atoms with van der Waals surface area (Å²) in [5.41, 5.74) is 0.337. The highest BCUT2D eigenvalue weighted by Gasteiger charge is 2.24. The Kier molecular flexibility index (Phi) is 4.73. The Labute approximate surface area is 124 Å². The van der Waals surface area contributed by atoms with Crippen molar-refractivity contribution in [2.24, 2.45) is 0 Å². The zero-order valence-corrected chi connectivity index (χ0v) is 12.1. The third kappa shape index (κ3) is 4.65. The molecule has 1 aliphatic rings. The van der Waals surface area contributed by atoms with E-state index in [1.807, 2.05) is 0 Å². The number of benzene rings is 1. The van der Waals surface area contributed by atoms with Gasteiger partial charge in [-0.3, -0.25) is 10.1 Å². The predicted molar refractivity (Wildman–Crippen MR) is 74.1 cm³/mol. The van der Waals surface area contributed by atoms with Crippen molar-refractivity contribution in [3.63, 3.8) is 0 Å². The Bertz CT molecular complexity index is 526. The minimum atomic E-state index is -0.659. The van der Waals surface area contributed by atoms with E-state index in [1.54, 1.807) is 24.3 Å². The highest BCUT2D eigenvalue weighted by atomic mass is 79.9. The van der Waals surface area contributed by atoms with Crippen molar-refractivity contribution in [3.8, 4) is 0 Å². The first-order valence-corrected chi connectivity index (χ1v) is 6.87. The summed E-state index contributed by atoms with van der Waals surface area (Å²) in [7, 11) is 0. The van der Waals surface area contributed by atoms with Crippen LogP contribution < -0.4 is 10.6 Å². The van der Waals surface area contributed by atoms with E-state index < -0.39 is 24.5 Å². The summed E-state index contributed by atoms with van der Waals surface area (Å²) in [5, 5.41) is 4.69. The van der Waals surface area contributed by atoms with Crippen molar-refractivity contribution in [3.05, 3.63) is 34.3 Å². The minimum Gasteiger partial charge on any atom is -0.452 e. The molecule has 3 amide bonds. The molecule has 0 heterocycles. The molecule has 0 spiro atoms. The summed E-state index contributed by atoms with van der Waals surface area (Å²) in [6.45, 7) is -0.493. The van der Waals surface area contributed by atoms with E-state index in [0.29, 0.717) is 5.56 Å². The van der Waals surface area contributed by atoms with Crippen LogP contribution in [0, 0.1) is 0 Å². The summed E-state index contributed by atoms with van der Waals surface area (Å²) in [6, 6.07) is 6.14. The smallest absolute Gasteiger partial charge is 0.338 e. The fourth-order valence-corrected chi connectivity index (χ4v) is 1.68. The fourth-order valence-electron chi connectivity index (χ4n) is 1.41. The van der Waals surface area contributed by atoms with Crippen LogP contribution in [0.25, 0.3) is 0 Å². The molecule has 1 saturated carbocycles. The van der Waals surface area contributed by atoms with Gasteiger partial charge in [-0.15, -0.1) is 0 Å². The van der Waals surface area contributed by atoms with Crippen LogP contribution in [0.5, 0.6) is 0 Å². The average Bonchev–Trinajstić information content (AvgIpc) is 3.20. The molecule has 1 aliphatic carbocycles. The Morgan fingerprint density at radius 3 is 2.45 bits per heavy atom. The molecular formula is C13H13BrN2O4. The molecule has 6 nitrogen and oxygen atoms in total. The highest BCUT2D eigenvalue weighted by Crippen LogP contribution is 2.18. The van der Waals surface area contributed by atoms with Gasteiger partial charge in [0.05, 0.1) is 5.56 Å². The van der Waals surface area contributed by atoms with Gasteiger partial charge in [-0.1, -0.05) is 15.9 Å². The van der Waals surface area contributed by atoms with Crippen molar-refractivity contribution >= 4 is 33.8 Å². The van der Waals surface area contributed by atoms with E-state index in [-0.39, 0.29) is 6.04 Å². The Balaban J connectivity index is 1.73. The van der Waals surface area contributed by atoms with Gasteiger partial charge < -0.3 is 10.1 Å². The molecule has 7 heteroatoms. The van der Waals surface area contributed by atoms with Crippen molar-refractivity contribution < 1.29 is 19.1 Å². The third-order valence-electron chi connectivity index (χ3n) is 2.58. The molecule has 0 atom stereocenters. The first-order chi connectivity index (χ1) is 9.54. The van der Waals surface area contributed by atoms with E-state index in [9.17, 15) is 14.4 Å². The lowest BCUT2D eigenvalue weighted by atomic mass is 10.2. The number of halogens is 1. The van der Waals surface area contributed by atoms with Gasteiger partial charge in [0.1, 0.15) is 0 Å². The SMILES string of the molecule is O=C(COC(=O)c1ccc(Br)cc1)NC(=O)NC1CC1. The second kappa shape index (κ2) is 6.51. The molecular weight excluding hydrogens is 328 g/mol. The van der Waals surface area contributed by atoms with Crippen LogP contribution in [0.15, 0.2) is 28.7 Å². The number of carbonyl (C=O) groups excluding carboxylic acids is 3. The number of esters is 1. The molecule has 0 radical (unpaired) electrons. The van der Waals surface area contributed by atoms with Crippen LogP contribution >= 0.6 is 15.9 Å². The maximum Gasteiger partial charge on any atom is 0.338 e. The van der Waals surface area contributed by atoms with Gasteiger partial charge in [0.15, 0.2) is 6.61 Å². The highest BCUT2D eigenvalue weighted by molar-refractivity contribution is 9.10. The van der Waals surface area contributed by atoms with Crippen molar-refractivity contribution in [2.45, 2.75) is 18.9 Å². The second-order valence-electron chi connectivity index (χ2n) is 4.38. The molecule has 0 unspecified atom stereocenters. The number of carbonyl (C=O) groups is 3. The van der Waals surface area contributed by atoms with Crippen LogP contribution in [0.3, 0.4) is 0 Å². The molecule has 0 saturated heterocycles. The maximum absolute atomic E-state index is 11.6. The van der Waals surface area contributed by atoms with Gasteiger partial charge in [0, 0.05) is 10.5 Å². The second-order valence-corrected chi connectivity index (χ2v) is 5.29. The topological polar surface area (TPSA) is 84.5 Å². The monoisotopic (exact) mass is 340 g/mol. The van der Waals surface area contributed by atoms with Gasteiger partial charge in [-0.25, -0.2) is 9.59 Å². The largest absolute Gasteiger partial charge is 0.452 e.